The minimum Gasteiger partial charge on any atom is -0.476 e. The standard InChI is InChI=1S/C15H13NO4P2/c17-14(8-1-3-16-4-2-8)11-5-9-6-12(19-21)13(20-22)7-10(9)15(11)18/h1-4,6-7,11H,5,21-22H2/p+1/i/hT. The molecule has 5 nitrogen and oxygen atoms in total. The van der Waals surface area contributed by atoms with Gasteiger partial charge in [0, 0.05) is 23.3 Å². The molecule has 1 aromatic carbocycles. The number of carbonyl (C=O) groups excluding carboxylic acids is 2. The molecule has 0 fully saturated rings. The van der Waals surface area contributed by atoms with Gasteiger partial charge < -0.3 is 9.05 Å². The number of fused-ring (bicyclic) bond motifs is 1. The van der Waals surface area contributed by atoms with Crippen LogP contribution in [0.1, 0.15) is 26.3 Å². The van der Waals surface area contributed by atoms with Crippen LogP contribution in [0.2, 0.25) is 1.41 Å². The van der Waals surface area contributed by atoms with Gasteiger partial charge in [0.1, 0.15) is 0 Å². The van der Waals surface area contributed by atoms with Crippen molar-refractivity contribution in [1.82, 2.24) is 0 Å². The van der Waals surface area contributed by atoms with Crippen molar-refractivity contribution in [3.63, 3.8) is 0 Å². The number of ketones is 2. The van der Waals surface area contributed by atoms with Gasteiger partial charge >= 0.3 is 1.41 Å². The highest BCUT2D eigenvalue weighted by Crippen LogP contribution is 2.39. The smallest absolute Gasteiger partial charge is 0.453 e. The lowest BCUT2D eigenvalue weighted by Crippen LogP contribution is -2.21. The number of Topliss-reactive ketones (excluding diaryl/α,β-unsaturated/α-hetero) is 2. The van der Waals surface area contributed by atoms with E-state index in [9.17, 15) is 9.59 Å². The number of benzene rings is 1. The van der Waals surface area contributed by atoms with Gasteiger partial charge in [-0.15, -0.1) is 0 Å². The van der Waals surface area contributed by atoms with Gasteiger partial charge in [-0.25, -0.2) is 4.98 Å². The van der Waals surface area contributed by atoms with Crippen LogP contribution >= 0.6 is 18.9 Å². The van der Waals surface area contributed by atoms with E-state index < -0.39 is 5.92 Å². The highest BCUT2D eigenvalue weighted by molar-refractivity contribution is 7.10. The van der Waals surface area contributed by atoms with Crippen LogP contribution in [0.3, 0.4) is 0 Å². The Balaban J connectivity index is 1.94. The van der Waals surface area contributed by atoms with Crippen LogP contribution in [-0.2, 0) is 6.42 Å². The maximum Gasteiger partial charge on any atom is 0.453 e. The van der Waals surface area contributed by atoms with Crippen LogP contribution in [-0.4, -0.2) is 11.6 Å². The van der Waals surface area contributed by atoms with Crippen molar-refractivity contribution in [2.75, 3.05) is 0 Å². The number of nitrogens with one attached hydrogen (secondary N) is 1. The first-order valence-electron chi connectivity index (χ1n) is 6.99. The molecule has 1 N–H and O–H groups in total. The summed E-state index contributed by atoms with van der Waals surface area (Å²) in [5.41, 5.74) is 1.67. The van der Waals surface area contributed by atoms with Gasteiger partial charge in [-0.1, -0.05) is 0 Å². The lowest BCUT2D eigenvalue weighted by atomic mass is 9.95. The van der Waals surface area contributed by atoms with Crippen LogP contribution in [0.5, 0.6) is 11.5 Å². The predicted octanol–water partition coefficient (Wildman–Crippen LogP) is 2.08. The first kappa shape index (κ1) is 13.8. The summed E-state index contributed by atoms with van der Waals surface area (Å²) in [6.07, 6.45) is 3.25. The second kappa shape index (κ2) is 6.12. The zero-order valence-electron chi connectivity index (χ0n) is 12.5. The van der Waals surface area contributed by atoms with Gasteiger partial charge in [0.15, 0.2) is 35.5 Å². The molecule has 1 heterocycles. The van der Waals surface area contributed by atoms with Crippen molar-refractivity contribution in [1.29, 1.82) is 0 Å². The zero-order chi connectivity index (χ0) is 16.6. The summed E-state index contributed by atoms with van der Waals surface area (Å²) in [7, 11) is 4.24. The molecule has 0 bridgehead atoms. The average molecular weight is 336 g/mol. The summed E-state index contributed by atoms with van der Waals surface area (Å²) in [6, 6.07) is 6.40. The highest BCUT2D eigenvalue weighted by Gasteiger charge is 2.37. The molecule has 0 radical (unpaired) electrons. The number of rotatable bonds is 4. The Hall–Kier alpha value is -1.83. The summed E-state index contributed by atoms with van der Waals surface area (Å²) in [6.45, 7) is 0. The van der Waals surface area contributed by atoms with Crippen molar-refractivity contribution in [3.8, 4) is 11.5 Å². The fourth-order valence-corrected chi connectivity index (χ4v) is 2.98. The van der Waals surface area contributed by atoms with E-state index in [1.165, 1.54) is 12.4 Å². The molecule has 1 aliphatic rings. The fourth-order valence-electron chi connectivity index (χ4n) is 2.61. The van der Waals surface area contributed by atoms with E-state index >= 15 is 0 Å². The predicted molar refractivity (Wildman–Crippen MR) is 86.0 cm³/mol. The topological polar surface area (TPSA) is 66.7 Å². The van der Waals surface area contributed by atoms with E-state index in [4.69, 9.17) is 10.5 Å². The van der Waals surface area contributed by atoms with Gasteiger partial charge in [0.2, 0.25) is 0 Å². The molecule has 3 unspecified atom stereocenters. The largest absolute Gasteiger partial charge is 0.476 e. The lowest BCUT2D eigenvalue weighted by molar-refractivity contribution is -0.378. The first-order chi connectivity index (χ1) is 11.0. The molecule has 0 saturated heterocycles. The molecule has 0 amide bonds. The second-order valence-corrected chi connectivity index (χ2v) is 5.38. The summed E-state index contributed by atoms with van der Waals surface area (Å²) in [4.78, 5) is 26.2. The third kappa shape index (κ3) is 2.51. The van der Waals surface area contributed by atoms with Gasteiger partial charge in [0.25, 0.3) is 0 Å². The molecule has 22 heavy (non-hydrogen) atoms. The van der Waals surface area contributed by atoms with E-state index in [1.807, 2.05) is 0 Å². The zero-order valence-corrected chi connectivity index (χ0v) is 13.8. The molecule has 0 aliphatic heterocycles. The normalized spacial score (nSPS) is 16.9. The molecular weight excluding hydrogens is 320 g/mol. The monoisotopic (exact) mass is 336 g/mol. The summed E-state index contributed by atoms with van der Waals surface area (Å²) >= 11 is 0. The molecule has 0 saturated carbocycles. The Kier molecular flexibility index (Phi) is 3.84. The Labute approximate surface area is 133 Å². The average Bonchev–Trinajstić information content (AvgIpc) is 2.89. The number of carbonyl (C=O) groups is 2. The minimum absolute atomic E-state index is 0.216. The highest BCUT2D eigenvalue weighted by atomic mass is 31.0. The summed E-state index contributed by atoms with van der Waals surface area (Å²) in [5, 5.41) is 0. The first-order valence-corrected chi connectivity index (χ1v) is 7.48. The number of H-pyrrole nitrogens is 1. The Morgan fingerprint density at radius 1 is 1.23 bits per heavy atom. The molecule has 1 aromatic heterocycles. The van der Waals surface area contributed by atoms with Crippen molar-refractivity contribution in [3.05, 3.63) is 53.3 Å². The SMILES string of the molecule is [3H][n+]1ccc(C(=O)C2Cc3cc(OP)c(OP)cc3C2=O)cc1. The molecule has 3 rings (SSSR count). The molecule has 7 heteroatoms. The molecule has 3 atom stereocenters. The van der Waals surface area contributed by atoms with Crippen molar-refractivity contribution in [2.24, 2.45) is 5.92 Å². The fraction of sp³-hybridized carbons (Fsp3) is 0.133. The third-order valence-electron chi connectivity index (χ3n) is 3.71. The number of aromatic nitrogens is 1. The maximum atomic E-state index is 12.6. The Morgan fingerprint density at radius 3 is 2.50 bits per heavy atom. The molecule has 1 aliphatic carbocycles. The van der Waals surface area contributed by atoms with Gasteiger partial charge in [0.05, 0.1) is 24.9 Å². The quantitative estimate of drug-likeness (QED) is 0.487. The van der Waals surface area contributed by atoms with Crippen LogP contribution in [0.4, 0.5) is 0 Å². The van der Waals surface area contributed by atoms with Crippen molar-refractivity contribution >= 4 is 30.5 Å². The summed E-state index contributed by atoms with van der Waals surface area (Å²) in [5.74, 6) is -0.303. The van der Waals surface area contributed by atoms with Crippen molar-refractivity contribution in [2.45, 2.75) is 6.42 Å². The van der Waals surface area contributed by atoms with Gasteiger partial charge in [-0.2, -0.15) is 0 Å². The number of pyridine rings is 1. The molecule has 112 valence electrons. The van der Waals surface area contributed by atoms with Gasteiger partial charge in [-0.3, -0.25) is 9.59 Å². The van der Waals surface area contributed by atoms with E-state index in [1.54, 1.807) is 24.3 Å². The van der Waals surface area contributed by atoms with Crippen LogP contribution in [0.25, 0.3) is 0 Å². The second-order valence-electron chi connectivity index (χ2n) is 4.91. The Bertz CT molecular complexity index is 795. The lowest BCUT2D eigenvalue weighted by Gasteiger charge is -2.08. The van der Waals surface area contributed by atoms with Crippen molar-refractivity contribution < 1.29 is 25.0 Å². The van der Waals surface area contributed by atoms with E-state index in [0.29, 0.717) is 29.0 Å². The van der Waals surface area contributed by atoms with Crippen LogP contribution < -0.4 is 14.0 Å². The Morgan fingerprint density at radius 2 is 1.86 bits per heavy atom. The molecule has 0 spiro atoms. The number of hydrogen-bond donors (Lipinski definition) is 0. The van der Waals surface area contributed by atoms with E-state index in [-0.39, 0.29) is 11.6 Å². The third-order valence-corrected chi connectivity index (χ3v) is 4.22. The maximum absolute atomic E-state index is 12.6. The minimum atomic E-state index is -0.747. The van der Waals surface area contributed by atoms with Crippen LogP contribution in [0.15, 0.2) is 36.7 Å². The number of hydrogen-bond acceptors (Lipinski definition) is 4. The number of aromatic amines is 1. The summed E-state index contributed by atoms with van der Waals surface area (Å²) < 4.78 is 17.7. The van der Waals surface area contributed by atoms with E-state index in [0.717, 1.165) is 10.5 Å². The van der Waals surface area contributed by atoms with E-state index in [2.05, 4.69) is 18.9 Å². The van der Waals surface area contributed by atoms with Gasteiger partial charge in [-0.05, 0) is 24.1 Å². The van der Waals surface area contributed by atoms with Crippen LogP contribution in [0, 0.1) is 5.92 Å². The molecular formula is C15H14NO4P2+. The molecule has 2 aromatic rings.